The fourth-order valence-electron chi connectivity index (χ4n) is 0.677. The third-order valence-electron chi connectivity index (χ3n) is 1.81. The summed E-state index contributed by atoms with van der Waals surface area (Å²) in [5, 5.41) is 18.6. The van der Waals surface area contributed by atoms with Crippen molar-refractivity contribution >= 4 is 6.16 Å². The molecule has 0 aromatic carbocycles. The maximum Gasteiger partial charge on any atom is 0.518 e. The predicted molar refractivity (Wildman–Crippen MR) is 33.4 cm³/mol. The Morgan fingerprint density at radius 1 is 1.64 bits per heavy atom. The Balaban J connectivity index is 2.67. The van der Waals surface area contributed by atoms with Gasteiger partial charge in [-0.3, -0.25) is 0 Å². The Labute approximate surface area is 63.5 Å². The van der Waals surface area contributed by atoms with Crippen LogP contribution in [0.15, 0.2) is 0 Å². The van der Waals surface area contributed by atoms with E-state index in [0.717, 1.165) is 0 Å². The molecule has 1 saturated heterocycles. The first-order valence-corrected chi connectivity index (χ1v) is 3.28. The molecular formula is C6H10O5. The Kier molecular flexibility index (Phi) is 1.57. The molecule has 0 saturated carbocycles. The molecule has 5 nitrogen and oxygen atoms in total. The van der Waals surface area contributed by atoms with Crippen LogP contribution in [0.3, 0.4) is 0 Å². The van der Waals surface area contributed by atoms with Crippen molar-refractivity contribution in [2.45, 2.75) is 31.8 Å². The van der Waals surface area contributed by atoms with E-state index in [4.69, 9.17) is 0 Å². The second kappa shape index (κ2) is 2.09. The lowest BCUT2D eigenvalue weighted by molar-refractivity contribution is -0.444. The molecule has 0 spiro atoms. The highest BCUT2D eigenvalue weighted by atomic mass is 17.0. The topological polar surface area (TPSA) is 76.0 Å². The average molecular weight is 162 g/mol. The lowest BCUT2D eigenvalue weighted by Gasteiger charge is -2.42. The summed E-state index contributed by atoms with van der Waals surface area (Å²) >= 11 is 0. The van der Waals surface area contributed by atoms with Crippen LogP contribution in [0.4, 0.5) is 4.79 Å². The van der Waals surface area contributed by atoms with Crippen molar-refractivity contribution in [3.63, 3.8) is 0 Å². The minimum Gasteiger partial charge on any atom is -0.379 e. The van der Waals surface area contributed by atoms with Gasteiger partial charge < -0.3 is 19.7 Å². The van der Waals surface area contributed by atoms with Gasteiger partial charge in [-0.15, -0.1) is 0 Å². The first-order valence-electron chi connectivity index (χ1n) is 3.28. The molecule has 2 N–H and O–H groups in total. The summed E-state index contributed by atoms with van der Waals surface area (Å²) in [6.07, 6.45) is -0.752. The third-order valence-corrected chi connectivity index (χ3v) is 1.81. The minimum atomic E-state index is -2.15. The number of carbonyl (C=O) groups excluding carboxylic acids is 1. The number of aliphatic hydroxyl groups is 2. The molecule has 1 atom stereocenters. The van der Waals surface area contributed by atoms with Gasteiger partial charge in [0, 0.05) is 0 Å². The van der Waals surface area contributed by atoms with E-state index >= 15 is 0 Å². The first-order chi connectivity index (χ1) is 4.91. The zero-order valence-electron chi connectivity index (χ0n) is 6.33. The summed E-state index contributed by atoms with van der Waals surface area (Å²) in [6.45, 7) is 2.95. The van der Waals surface area contributed by atoms with Crippen molar-refractivity contribution < 1.29 is 24.5 Å². The van der Waals surface area contributed by atoms with Crippen LogP contribution in [0, 0.1) is 0 Å². The summed E-state index contributed by atoms with van der Waals surface area (Å²) in [5.74, 6) is -2.15. The van der Waals surface area contributed by atoms with Gasteiger partial charge in [0.25, 0.3) is 0 Å². The number of ether oxygens (including phenoxy) is 2. The van der Waals surface area contributed by atoms with Gasteiger partial charge in [-0.2, -0.15) is 0 Å². The van der Waals surface area contributed by atoms with Gasteiger partial charge in [0.2, 0.25) is 0 Å². The molecule has 1 aliphatic rings. The minimum absolute atomic E-state index is 0.219. The molecule has 64 valence electrons. The molecule has 5 heteroatoms. The van der Waals surface area contributed by atoms with Crippen LogP contribution in [0.25, 0.3) is 0 Å². The second-order valence-corrected chi connectivity index (χ2v) is 2.66. The SMILES string of the molecule is CCC(C)(O)C1(O)OC(=O)O1. The van der Waals surface area contributed by atoms with Crippen molar-refractivity contribution in [3.8, 4) is 0 Å². The maximum atomic E-state index is 10.2. The summed E-state index contributed by atoms with van der Waals surface area (Å²) in [7, 11) is 0. The Morgan fingerprint density at radius 2 is 2.09 bits per heavy atom. The monoisotopic (exact) mass is 162 g/mol. The van der Waals surface area contributed by atoms with Gasteiger partial charge in [0.15, 0.2) is 5.60 Å². The van der Waals surface area contributed by atoms with Crippen LogP contribution in [0.5, 0.6) is 0 Å². The molecule has 0 radical (unpaired) electrons. The fourth-order valence-corrected chi connectivity index (χ4v) is 0.677. The van der Waals surface area contributed by atoms with Gasteiger partial charge in [-0.1, -0.05) is 6.92 Å². The van der Waals surface area contributed by atoms with Gasteiger partial charge in [-0.05, 0) is 13.3 Å². The van der Waals surface area contributed by atoms with Gasteiger partial charge in [0.05, 0.1) is 0 Å². The molecule has 0 aliphatic carbocycles. The maximum absolute atomic E-state index is 10.2. The number of carbonyl (C=O) groups is 1. The average Bonchev–Trinajstić information content (AvgIpc) is 1.85. The second-order valence-electron chi connectivity index (χ2n) is 2.66. The van der Waals surface area contributed by atoms with Crippen LogP contribution in [0.2, 0.25) is 0 Å². The van der Waals surface area contributed by atoms with E-state index in [-0.39, 0.29) is 6.42 Å². The van der Waals surface area contributed by atoms with Crippen LogP contribution in [0.1, 0.15) is 20.3 Å². The Morgan fingerprint density at radius 3 is 2.36 bits per heavy atom. The molecule has 1 aliphatic heterocycles. The van der Waals surface area contributed by atoms with Crippen molar-refractivity contribution in [2.24, 2.45) is 0 Å². The smallest absolute Gasteiger partial charge is 0.379 e. The van der Waals surface area contributed by atoms with E-state index in [1.54, 1.807) is 6.92 Å². The van der Waals surface area contributed by atoms with Gasteiger partial charge in [0.1, 0.15) is 0 Å². The van der Waals surface area contributed by atoms with Crippen molar-refractivity contribution in [3.05, 3.63) is 0 Å². The Bertz CT molecular complexity index is 177. The number of hydrogen-bond acceptors (Lipinski definition) is 5. The summed E-state index contributed by atoms with van der Waals surface area (Å²) in [6, 6.07) is 0. The molecular weight excluding hydrogens is 152 g/mol. The van der Waals surface area contributed by atoms with Crippen molar-refractivity contribution in [1.29, 1.82) is 0 Å². The van der Waals surface area contributed by atoms with E-state index in [9.17, 15) is 15.0 Å². The molecule has 0 amide bonds. The Hall–Kier alpha value is -0.810. The fraction of sp³-hybridized carbons (Fsp3) is 0.833. The highest BCUT2D eigenvalue weighted by molar-refractivity contribution is 5.65. The summed E-state index contributed by atoms with van der Waals surface area (Å²) in [5.41, 5.74) is -1.55. The summed E-state index contributed by atoms with van der Waals surface area (Å²) < 4.78 is 8.45. The molecule has 1 fully saturated rings. The van der Waals surface area contributed by atoms with Gasteiger partial charge in [-0.25, -0.2) is 4.79 Å². The van der Waals surface area contributed by atoms with E-state index < -0.39 is 17.7 Å². The van der Waals surface area contributed by atoms with Crippen LogP contribution in [-0.4, -0.2) is 27.9 Å². The predicted octanol–water partition coefficient (Wildman–Crippen LogP) is -0.0397. The van der Waals surface area contributed by atoms with E-state index in [0.29, 0.717) is 0 Å². The number of hydrogen-bond donors (Lipinski definition) is 2. The van der Waals surface area contributed by atoms with Crippen molar-refractivity contribution in [1.82, 2.24) is 0 Å². The lowest BCUT2D eigenvalue weighted by Crippen LogP contribution is -2.64. The van der Waals surface area contributed by atoms with Crippen molar-refractivity contribution in [2.75, 3.05) is 0 Å². The largest absolute Gasteiger partial charge is 0.518 e. The molecule has 1 heterocycles. The van der Waals surface area contributed by atoms with Crippen LogP contribution >= 0.6 is 0 Å². The standard InChI is InChI=1S/C6H10O5/c1-3-5(2,8)6(9)10-4(7)11-6/h8-9H,3H2,1-2H3. The van der Waals surface area contributed by atoms with Crippen LogP contribution in [-0.2, 0) is 9.47 Å². The highest BCUT2D eigenvalue weighted by Gasteiger charge is 2.60. The molecule has 11 heavy (non-hydrogen) atoms. The molecule has 1 rings (SSSR count). The number of rotatable bonds is 2. The zero-order valence-corrected chi connectivity index (χ0v) is 6.33. The van der Waals surface area contributed by atoms with E-state index in [1.807, 2.05) is 0 Å². The van der Waals surface area contributed by atoms with Crippen LogP contribution < -0.4 is 0 Å². The summed E-state index contributed by atoms with van der Waals surface area (Å²) in [4.78, 5) is 10.2. The zero-order chi connectivity index (χ0) is 8.70. The molecule has 0 aromatic rings. The first kappa shape index (κ1) is 8.29. The lowest BCUT2D eigenvalue weighted by atomic mass is 10.00. The van der Waals surface area contributed by atoms with E-state index in [2.05, 4.69) is 9.47 Å². The van der Waals surface area contributed by atoms with Gasteiger partial charge >= 0.3 is 12.1 Å². The molecule has 0 bridgehead atoms. The highest BCUT2D eigenvalue weighted by Crippen LogP contribution is 2.35. The molecule has 0 aromatic heterocycles. The molecule has 1 unspecified atom stereocenters. The van der Waals surface area contributed by atoms with E-state index in [1.165, 1.54) is 6.92 Å². The normalized spacial score (nSPS) is 26.0. The number of cyclic esters (lactones) is 2. The quantitative estimate of drug-likeness (QED) is 0.557. The third kappa shape index (κ3) is 1.06.